The van der Waals surface area contributed by atoms with Crippen molar-refractivity contribution in [2.24, 2.45) is 0 Å². The molecule has 1 aromatic heterocycles. The summed E-state index contributed by atoms with van der Waals surface area (Å²) in [6.07, 6.45) is 1.66. The van der Waals surface area contributed by atoms with Gasteiger partial charge in [-0.2, -0.15) is 0 Å². The first-order valence-electron chi connectivity index (χ1n) is 5.78. The van der Waals surface area contributed by atoms with Gasteiger partial charge >= 0.3 is 5.97 Å². The number of aromatic nitrogens is 1. The highest BCUT2D eigenvalue weighted by molar-refractivity contribution is 5.90. The van der Waals surface area contributed by atoms with Gasteiger partial charge in [0.05, 0.1) is 18.4 Å². The van der Waals surface area contributed by atoms with E-state index in [9.17, 15) is 4.79 Å². The summed E-state index contributed by atoms with van der Waals surface area (Å²) < 4.78 is 4.68. The van der Waals surface area contributed by atoms with Gasteiger partial charge in [0, 0.05) is 11.9 Å². The summed E-state index contributed by atoms with van der Waals surface area (Å²) in [6, 6.07) is 8.80. The van der Waals surface area contributed by atoms with Crippen LogP contribution in [0.3, 0.4) is 0 Å². The van der Waals surface area contributed by atoms with E-state index in [-0.39, 0.29) is 5.97 Å². The summed E-state index contributed by atoms with van der Waals surface area (Å²) in [5, 5.41) is 3.14. The lowest BCUT2D eigenvalue weighted by Gasteiger charge is -2.11. The highest BCUT2D eigenvalue weighted by Gasteiger charge is 2.08. The van der Waals surface area contributed by atoms with Crippen LogP contribution >= 0.6 is 0 Å². The van der Waals surface area contributed by atoms with Crippen LogP contribution in [0.25, 0.3) is 0 Å². The molecule has 1 heterocycles. The van der Waals surface area contributed by atoms with Crippen molar-refractivity contribution in [2.75, 3.05) is 18.2 Å². The van der Waals surface area contributed by atoms with Crippen molar-refractivity contribution in [2.45, 2.75) is 6.92 Å². The Morgan fingerprint density at radius 2 is 2.16 bits per heavy atom. The Balaban J connectivity index is 2.27. The molecular formula is C14H15N3O2. The summed E-state index contributed by atoms with van der Waals surface area (Å²) >= 11 is 0. The number of ether oxygens (including phenoxy) is 1. The van der Waals surface area contributed by atoms with Crippen LogP contribution in [0.4, 0.5) is 17.2 Å². The molecule has 98 valence electrons. The first-order chi connectivity index (χ1) is 9.11. The van der Waals surface area contributed by atoms with Crippen LogP contribution in [0.2, 0.25) is 0 Å². The third-order valence-electron chi connectivity index (χ3n) is 2.74. The minimum Gasteiger partial charge on any atom is -0.465 e. The number of aryl methyl sites for hydroxylation is 1. The number of methoxy groups -OCH3 is 1. The second-order valence-electron chi connectivity index (χ2n) is 4.09. The monoisotopic (exact) mass is 257 g/mol. The first-order valence-corrected chi connectivity index (χ1v) is 5.78. The van der Waals surface area contributed by atoms with Crippen LogP contribution < -0.4 is 11.1 Å². The molecule has 0 amide bonds. The number of anilines is 3. The highest BCUT2D eigenvalue weighted by atomic mass is 16.5. The Hall–Kier alpha value is -2.56. The Kier molecular flexibility index (Phi) is 3.66. The number of nitrogens with one attached hydrogen (secondary N) is 1. The maximum Gasteiger partial charge on any atom is 0.337 e. The normalized spacial score (nSPS) is 10.0. The maximum atomic E-state index is 11.4. The maximum absolute atomic E-state index is 11.4. The lowest BCUT2D eigenvalue weighted by molar-refractivity contribution is 0.0600. The van der Waals surface area contributed by atoms with Gasteiger partial charge in [0.15, 0.2) is 5.82 Å². The first kappa shape index (κ1) is 12.9. The molecule has 0 unspecified atom stereocenters. The minimum atomic E-state index is -0.355. The van der Waals surface area contributed by atoms with Crippen LogP contribution in [0.1, 0.15) is 15.9 Å². The standard InChI is InChI=1S/C14H15N3O2/c1-9-8-10(14(18)19-2)5-6-12(9)17-13-11(15)4-3-7-16-13/h3-8H,15H2,1-2H3,(H,16,17). The molecule has 0 aliphatic carbocycles. The third-order valence-corrected chi connectivity index (χ3v) is 2.74. The molecular weight excluding hydrogens is 242 g/mol. The van der Waals surface area contributed by atoms with Gasteiger partial charge in [0.1, 0.15) is 0 Å². The summed E-state index contributed by atoms with van der Waals surface area (Å²) in [7, 11) is 1.36. The predicted octanol–water partition coefficient (Wildman–Crippen LogP) is 2.50. The van der Waals surface area contributed by atoms with Crippen molar-refractivity contribution < 1.29 is 9.53 Å². The molecule has 2 rings (SSSR count). The van der Waals surface area contributed by atoms with Crippen molar-refractivity contribution in [1.82, 2.24) is 4.98 Å². The van der Waals surface area contributed by atoms with E-state index < -0.39 is 0 Å². The van der Waals surface area contributed by atoms with Crippen molar-refractivity contribution >= 4 is 23.2 Å². The van der Waals surface area contributed by atoms with Crippen LogP contribution in [-0.4, -0.2) is 18.1 Å². The molecule has 2 aromatic rings. The molecule has 3 N–H and O–H groups in total. The molecule has 0 fully saturated rings. The molecule has 1 aromatic carbocycles. The smallest absolute Gasteiger partial charge is 0.337 e. The van der Waals surface area contributed by atoms with Gasteiger partial charge in [-0.25, -0.2) is 9.78 Å². The number of rotatable bonds is 3. The molecule has 0 atom stereocenters. The number of pyridine rings is 1. The van der Waals surface area contributed by atoms with E-state index in [4.69, 9.17) is 5.73 Å². The fraction of sp³-hybridized carbons (Fsp3) is 0.143. The molecule has 0 spiro atoms. The molecule has 0 aliphatic rings. The molecule has 5 nitrogen and oxygen atoms in total. The molecule has 5 heteroatoms. The van der Waals surface area contributed by atoms with E-state index >= 15 is 0 Å². The molecule has 0 radical (unpaired) electrons. The average molecular weight is 257 g/mol. The number of nitrogens with two attached hydrogens (primary N) is 1. The topological polar surface area (TPSA) is 77.2 Å². The molecule has 0 saturated carbocycles. The number of nitrogens with zero attached hydrogens (tertiary/aromatic N) is 1. The molecule has 0 aliphatic heterocycles. The Morgan fingerprint density at radius 1 is 1.37 bits per heavy atom. The van der Waals surface area contributed by atoms with E-state index in [1.54, 1.807) is 36.5 Å². The fourth-order valence-corrected chi connectivity index (χ4v) is 1.70. The van der Waals surface area contributed by atoms with Crippen LogP contribution in [0, 0.1) is 6.92 Å². The minimum absolute atomic E-state index is 0.355. The van der Waals surface area contributed by atoms with Gasteiger partial charge in [-0.3, -0.25) is 0 Å². The van der Waals surface area contributed by atoms with Gasteiger partial charge in [0.2, 0.25) is 0 Å². The summed E-state index contributed by atoms with van der Waals surface area (Å²) in [6.45, 7) is 1.90. The van der Waals surface area contributed by atoms with E-state index in [1.165, 1.54) is 7.11 Å². The van der Waals surface area contributed by atoms with Crippen LogP contribution in [-0.2, 0) is 4.74 Å². The van der Waals surface area contributed by atoms with E-state index in [1.807, 2.05) is 6.92 Å². The largest absolute Gasteiger partial charge is 0.465 e. The summed E-state index contributed by atoms with van der Waals surface area (Å²) in [5.74, 6) is 0.239. The zero-order valence-electron chi connectivity index (χ0n) is 10.8. The van der Waals surface area contributed by atoms with Gasteiger partial charge in [-0.1, -0.05) is 0 Å². The lowest BCUT2D eigenvalue weighted by atomic mass is 10.1. The summed E-state index contributed by atoms with van der Waals surface area (Å²) in [4.78, 5) is 15.6. The molecule has 0 saturated heterocycles. The number of benzene rings is 1. The number of hydrogen-bond acceptors (Lipinski definition) is 5. The van der Waals surface area contributed by atoms with Gasteiger partial charge in [-0.15, -0.1) is 0 Å². The Labute approximate surface area is 111 Å². The SMILES string of the molecule is COC(=O)c1ccc(Nc2ncccc2N)c(C)c1. The highest BCUT2D eigenvalue weighted by Crippen LogP contribution is 2.23. The quantitative estimate of drug-likeness (QED) is 0.826. The third kappa shape index (κ3) is 2.82. The molecule has 19 heavy (non-hydrogen) atoms. The van der Waals surface area contributed by atoms with E-state index in [2.05, 4.69) is 15.0 Å². The lowest BCUT2D eigenvalue weighted by Crippen LogP contribution is -2.04. The fourth-order valence-electron chi connectivity index (χ4n) is 1.70. The Bertz CT molecular complexity index is 611. The zero-order valence-corrected chi connectivity index (χ0v) is 10.8. The number of carbonyl (C=O) groups is 1. The Morgan fingerprint density at radius 3 is 2.79 bits per heavy atom. The van der Waals surface area contributed by atoms with Crippen molar-refractivity contribution in [3.05, 3.63) is 47.7 Å². The van der Waals surface area contributed by atoms with Crippen molar-refractivity contribution in [1.29, 1.82) is 0 Å². The van der Waals surface area contributed by atoms with E-state index in [0.29, 0.717) is 17.1 Å². The summed E-state index contributed by atoms with van der Waals surface area (Å²) in [5.41, 5.74) is 8.66. The molecule has 0 bridgehead atoms. The van der Waals surface area contributed by atoms with Crippen LogP contribution in [0.15, 0.2) is 36.5 Å². The number of hydrogen-bond donors (Lipinski definition) is 2. The van der Waals surface area contributed by atoms with Gasteiger partial charge < -0.3 is 15.8 Å². The van der Waals surface area contributed by atoms with Crippen molar-refractivity contribution in [3.63, 3.8) is 0 Å². The van der Waals surface area contributed by atoms with Crippen molar-refractivity contribution in [3.8, 4) is 0 Å². The second-order valence-corrected chi connectivity index (χ2v) is 4.09. The second kappa shape index (κ2) is 5.39. The number of esters is 1. The predicted molar refractivity (Wildman–Crippen MR) is 74.5 cm³/mol. The zero-order chi connectivity index (χ0) is 13.8. The van der Waals surface area contributed by atoms with Crippen LogP contribution in [0.5, 0.6) is 0 Å². The van der Waals surface area contributed by atoms with Gasteiger partial charge in [0.25, 0.3) is 0 Å². The number of nitrogen functional groups attached to an aromatic ring is 1. The average Bonchev–Trinajstić information content (AvgIpc) is 2.42. The number of carbonyl (C=O) groups excluding carboxylic acids is 1. The van der Waals surface area contributed by atoms with Gasteiger partial charge in [-0.05, 0) is 42.8 Å². The van der Waals surface area contributed by atoms with E-state index in [0.717, 1.165) is 11.3 Å².